The Morgan fingerprint density at radius 3 is 2.71 bits per heavy atom. The van der Waals surface area contributed by atoms with Gasteiger partial charge in [0.05, 0.1) is 24.1 Å². The maximum absolute atomic E-state index is 12.9. The summed E-state index contributed by atoms with van der Waals surface area (Å²) in [4.78, 5) is 10.7. The number of halogens is 4. The highest BCUT2D eigenvalue weighted by Crippen LogP contribution is 2.30. The molecular formula is C21H22ClF3N4O2. The summed E-state index contributed by atoms with van der Waals surface area (Å²) in [6.07, 6.45) is -2.06. The number of aromatic nitrogens is 2. The molecule has 2 aromatic heterocycles. The van der Waals surface area contributed by atoms with Gasteiger partial charge in [-0.05, 0) is 30.7 Å². The van der Waals surface area contributed by atoms with Crippen LogP contribution in [0.4, 0.5) is 24.8 Å². The van der Waals surface area contributed by atoms with Crippen LogP contribution in [0.15, 0.2) is 30.5 Å². The van der Waals surface area contributed by atoms with Crippen LogP contribution in [0.5, 0.6) is 0 Å². The van der Waals surface area contributed by atoms with Gasteiger partial charge in [0.15, 0.2) is 0 Å². The molecule has 1 aliphatic heterocycles. The third kappa shape index (κ3) is 5.47. The van der Waals surface area contributed by atoms with E-state index < -0.39 is 11.7 Å². The van der Waals surface area contributed by atoms with E-state index in [0.717, 1.165) is 62.2 Å². The molecule has 4 rings (SSSR count). The van der Waals surface area contributed by atoms with Gasteiger partial charge in [0.25, 0.3) is 0 Å². The fourth-order valence-electron chi connectivity index (χ4n) is 3.52. The second-order valence-electron chi connectivity index (χ2n) is 7.28. The molecule has 1 fully saturated rings. The molecule has 0 amide bonds. The molecule has 0 bridgehead atoms. The Bertz CT molecular complexity index is 1060. The summed E-state index contributed by atoms with van der Waals surface area (Å²) in [5, 5.41) is 4.80. The highest BCUT2D eigenvalue weighted by atomic mass is 35.5. The fraction of sp³-hybridized carbons (Fsp3) is 0.429. The van der Waals surface area contributed by atoms with Gasteiger partial charge in [0.2, 0.25) is 0 Å². The number of rotatable bonds is 6. The molecule has 1 N–H and O–H groups in total. The minimum absolute atomic E-state index is 0.0557. The largest absolute Gasteiger partial charge is 0.496 e. The third-order valence-electron chi connectivity index (χ3n) is 5.16. The van der Waals surface area contributed by atoms with E-state index in [9.17, 15) is 13.2 Å². The summed E-state index contributed by atoms with van der Waals surface area (Å²) in [7, 11) is 0. The second kappa shape index (κ2) is 9.42. The average molecular weight is 455 g/mol. The van der Waals surface area contributed by atoms with Crippen molar-refractivity contribution in [3.8, 4) is 0 Å². The lowest BCUT2D eigenvalue weighted by atomic mass is 10.1. The minimum atomic E-state index is -4.44. The molecule has 31 heavy (non-hydrogen) atoms. The zero-order valence-corrected chi connectivity index (χ0v) is 17.5. The van der Waals surface area contributed by atoms with Gasteiger partial charge in [0, 0.05) is 42.5 Å². The number of nitrogens with zero attached hydrogens (tertiary/aromatic N) is 3. The number of ether oxygens (including phenoxy) is 2. The van der Waals surface area contributed by atoms with Crippen LogP contribution in [0.3, 0.4) is 0 Å². The molecule has 0 unspecified atom stereocenters. The molecular weight excluding hydrogens is 433 g/mol. The van der Waals surface area contributed by atoms with Crippen molar-refractivity contribution in [2.75, 3.05) is 44.8 Å². The molecule has 10 heteroatoms. The van der Waals surface area contributed by atoms with Crippen molar-refractivity contribution in [1.29, 1.82) is 0 Å². The van der Waals surface area contributed by atoms with Gasteiger partial charge in [-0.1, -0.05) is 11.6 Å². The van der Waals surface area contributed by atoms with Gasteiger partial charge in [-0.2, -0.15) is 13.2 Å². The van der Waals surface area contributed by atoms with Crippen molar-refractivity contribution in [1.82, 2.24) is 14.9 Å². The highest BCUT2D eigenvalue weighted by molar-refractivity contribution is 6.45. The number of hydrogen-bond donors (Lipinski definition) is 1. The molecule has 3 heterocycles. The van der Waals surface area contributed by atoms with Crippen LogP contribution >= 0.6 is 11.6 Å². The topological polar surface area (TPSA) is 59.5 Å². The monoisotopic (exact) mass is 454 g/mol. The second-order valence-corrected chi connectivity index (χ2v) is 7.73. The van der Waals surface area contributed by atoms with E-state index >= 15 is 0 Å². The van der Waals surface area contributed by atoms with Crippen LogP contribution in [0.25, 0.3) is 10.8 Å². The SMILES string of the molecule is FC(F)(F)c1ccnc(Nc2ccc3c(n2)=C(Cl)CCC=3OCCN2CCOCC2)c1. The number of fused-ring (bicyclic) bond motifs is 1. The van der Waals surface area contributed by atoms with Crippen molar-refractivity contribution >= 4 is 34.0 Å². The van der Waals surface area contributed by atoms with Crippen LogP contribution < -0.4 is 15.9 Å². The lowest BCUT2D eigenvalue weighted by molar-refractivity contribution is -0.137. The van der Waals surface area contributed by atoms with Crippen LogP contribution in [0, 0.1) is 0 Å². The quantitative estimate of drug-likeness (QED) is 0.724. The van der Waals surface area contributed by atoms with Gasteiger partial charge in [-0.3, -0.25) is 4.90 Å². The summed E-state index contributed by atoms with van der Waals surface area (Å²) in [6.45, 7) is 4.65. The van der Waals surface area contributed by atoms with Crippen molar-refractivity contribution in [3.05, 3.63) is 46.6 Å². The Morgan fingerprint density at radius 1 is 1.13 bits per heavy atom. The van der Waals surface area contributed by atoms with Crippen molar-refractivity contribution < 1.29 is 22.6 Å². The standard InChI is InChI=1S/C21H22ClF3N4O2/c22-16-2-3-17(31-12-9-29-7-10-30-11-8-29)15-1-4-18(28-20(15)16)27-19-13-14(5-6-26-19)21(23,24)25/h1,4-6,13H,2-3,7-12H2,(H,26,27,28). The van der Waals surface area contributed by atoms with Crippen LogP contribution in [-0.4, -0.2) is 54.3 Å². The summed E-state index contributed by atoms with van der Waals surface area (Å²) >= 11 is 6.40. The molecule has 0 radical (unpaired) electrons. The molecule has 6 nitrogen and oxygen atoms in total. The Labute approximate surface area is 182 Å². The summed E-state index contributed by atoms with van der Waals surface area (Å²) < 4.78 is 50.2. The maximum Gasteiger partial charge on any atom is 0.416 e. The molecule has 0 atom stereocenters. The van der Waals surface area contributed by atoms with E-state index in [1.807, 2.05) is 6.07 Å². The van der Waals surface area contributed by atoms with E-state index in [4.69, 9.17) is 21.1 Å². The van der Waals surface area contributed by atoms with Crippen LogP contribution in [-0.2, 0) is 15.7 Å². The molecule has 1 aliphatic carbocycles. The van der Waals surface area contributed by atoms with Crippen molar-refractivity contribution in [3.63, 3.8) is 0 Å². The predicted molar refractivity (Wildman–Crippen MR) is 111 cm³/mol. The van der Waals surface area contributed by atoms with Gasteiger partial charge in [-0.25, -0.2) is 9.97 Å². The first kappa shape index (κ1) is 21.9. The average Bonchev–Trinajstić information content (AvgIpc) is 2.76. The van der Waals surface area contributed by atoms with Crippen LogP contribution in [0.2, 0.25) is 0 Å². The maximum atomic E-state index is 12.9. The van der Waals surface area contributed by atoms with E-state index in [-0.39, 0.29) is 5.82 Å². The first-order valence-electron chi connectivity index (χ1n) is 10.0. The molecule has 0 saturated carbocycles. The summed E-state index contributed by atoms with van der Waals surface area (Å²) in [5.41, 5.74) is -0.781. The van der Waals surface area contributed by atoms with Gasteiger partial charge >= 0.3 is 6.18 Å². The predicted octanol–water partition coefficient (Wildman–Crippen LogP) is 2.84. The zero-order valence-electron chi connectivity index (χ0n) is 16.7. The van der Waals surface area contributed by atoms with Gasteiger partial charge in [0.1, 0.15) is 24.0 Å². The Kier molecular flexibility index (Phi) is 6.64. The number of pyridine rings is 2. The summed E-state index contributed by atoms with van der Waals surface area (Å²) in [6, 6.07) is 5.37. The normalized spacial score (nSPS) is 17.4. The summed E-state index contributed by atoms with van der Waals surface area (Å²) in [5.74, 6) is 1.24. The Morgan fingerprint density at radius 2 is 1.94 bits per heavy atom. The molecule has 0 spiro atoms. The highest BCUT2D eigenvalue weighted by Gasteiger charge is 2.30. The first-order chi connectivity index (χ1) is 14.9. The van der Waals surface area contributed by atoms with Gasteiger partial charge in [-0.15, -0.1) is 0 Å². The number of alkyl halides is 3. The molecule has 2 aliphatic rings. The molecule has 1 saturated heterocycles. The van der Waals surface area contributed by atoms with Crippen molar-refractivity contribution in [2.24, 2.45) is 0 Å². The Balaban J connectivity index is 1.52. The van der Waals surface area contributed by atoms with Crippen LogP contribution in [0.1, 0.15) is 18.4 Å². The number of anilines is 2. The molecule has 2 aromatic rings. The van der Waals surface area contributed by atoms with E-state index in [1.165, 1.54) is 0 Å². The van der Waals surface area contributed by atoms with E-state index in [0.29, 0.717) is 35.6 Å². The van der Waals surface area contributed by atoms with Crippen molar-refractivity contribution in [2.45, 2.75) is 19.0 Å². The fourth-order valence-corrected chi connectivity index (χ4v) is 3.75. The third-order valence-corrected chi connectivity index (χ3v) is 5.52. The lowest BCUT2D eigenvalue weighted by Crippen LogP contribution is -2.39. The Hall–Kier alpha value is -2.36. The zero-order chi connectivity index (χ0) is 21.8. The number of morpholine rings is 1. The molecule has 166 valence electrons. The number of hydrogen-bond acceptors (Lipinski definition) is 6. The van der Waals surface area contributed by atoms with E-state index in [1.54, 1.807) is 6.07 Å². The minimum Gasteiger partial charge on any atom is -0.496 e. The number of nitrogens with one attached hydrogen (secondary N) is 1. The lowest BCUT2D eigenvalue weighted by Gasteiger charge is -2.26. The van der Waals surface area contributed by atoms with E-state index in [2.05, 4.69) is 20.2 Å². The molecule has 0 aromatic carbocycles. The smallest absolute Gasteiger partial charge is 0.416 e. The van der Waals surface area contributed by atoms with Gasteiger partial charge < -0.3 is 14.8 Å². The first-order valence-corrected chi connectivity index (χ1v) is 10.4.